The predicted octanol–water partition coefficient (Wildman–Crippen LogP) is 4.05. The quantitative estimate of drug-likeness (QED) is 0.766. The maximum Gasteiger partial charge on any atom is 0.0533 e. The molecule has 0 aromatic heterocycles. The summed E-state index contributed by atoms with van der Waals surface area (Å²) >= 11 is 6.18. The van der Waals surface area contributed by atoms with Gasteiger partial charge < -0.3 is 4.90 Å². The molecule has 0 radical (unpaired) electrons. The monoisotopic (exact) mass is 313 g/mol. The first-order valence-electron chi connectivity index (χ1n) is 6.87. The van der Waals surface area contributed by atoms with Crippen molar-refractivity contribution in [2.45, 2.75) is 6.92 Å². The minimum absolute atomic E-state index is 0.980. The highest BCUT2D eigenvalue weighted by atomic mass is 32.4. The summed E-state index contributed by atoms with van der Waals surface area (Å²) in [6.45, 7) is 6.32. The van der Waals surface area contributed by atoms with Crippen LogP contribution >= 0.6 is 6.04 Å². The summed E-state index contributed by atoms with van der Waals surface area (Å²) in [4.78, 5) is 2.04. The topological polar surface area (TPSA) is 3.24 Å². The van der Waals surface area contributed by atoms with Crippen molar-refractivity contribution in [2.75, 3.05) is 7.05 Å². The van der Waals surface area contributed by atoms with Crippen LogP contribution < -0.4 is 10.6 Å². The molecule has 3 heteroatoms. The fourth-order valence-corrected chi connectivity index (χ4v) is 5.96. The van der Waals surface area contributed by atoms with Gasteiger partial charge in [-0.2, -0.15) is 0 Å². The minimum atomic E-state index is -2.09. The Hall–Kier alpha value is -1.63. The van der Waals surface area contributed by atoms with Crippen LogP contribution in [0.15, 0.2) is 85.0 Å². The Kier molecular flexibility index (Phi) is 5.17. The van der Waals surface area contributed by atoms with Crippen LogP contribution in [0.5, 0.6) is 0 Å². The molecule has 2 rings (SSSR count). The molecule has 0 atom stereocenters. The molecule has 0 saturated carbocycles. The van der Waals surface area contributed by atoms with Gasteiger partial charge in [0.15, 0.2) is 0 Å². The molecule has 0 amide bonds. The molecule has 2 aromatic carbocycles. The van der Waals surface area contributed by atoms with E-state index in [1.807, 2.05) is 67.5 Å². The van der Waals surface area contributed by atoms with Gasteiger partial charge in [-0.3, -0.25) is 0 Å². The third kappa shape index (κ3) is 3.18. The van der Waals surface area contributed by atoms with E-state index in [0.717, 1.165) is 5.44 Å². The number of hydrogen-bond acceptors (Lipinski definition) is 2. The van der Waals surface area contributed by atoms with Crippen LogP contribution in [0.3, 0.4) is 0 Å². The van der Waals surface area contributed by atoms with Gasteiger partial charge in [0.25, 0.3) is 0 Å². The third-order valence-corrected chi connectivity index (χ3v) is 8.37. The lowest BCUT2D eigenvalue weighted by atomic mass is 10.4. The van der Waals surface area contributed by atoms with Gasteiger partial charge in [-0.05, 0) is 23.7 Å². The molecule has 0 aliphatic rings. The second-order valence-corrected chi connectivity index (χ2v) is 9.20. The second-order valence-electron chi connectivity index (χ2n) is 4.79. The fraction of sp³-hybridized carbons (Fsp3) is 0.111. The van der Waals surface area contributed by atoms with E-state index in [1.165, 1.54) is 10.6 Å². The lowest BCUT2D eigenvalue weighted by molar-refractivity contribution is 0.610. The van der Waals surface area contributed by atoms with Crippen molar-refractivity contribution in [3.05, 3.63) is 85.0 Å². The molecule has 108 valence electrons. The Morgan fingerprint density at radius 1 is 1.00 bits per heavy atom. The highest BCUT2D eigenvalue weighted by Gasteiger charge is 2.27. The number of nitrogens with zero attached hydrogens (tertiary/aromatic N) is 1. The first kappa shape index (κ1) is 15.8. The zero-order chi connectivity index (χ0) is 15.3. The van der Waals surface area contributed by atoms with Crippen molar-refractivity contribution in [1.29, 1.82) is 0 Å². The highest BCUT2D eigenvalue weighted by molar-refractivity contribution is 8.23. The van der Waals surface area contributed by atoms with Crippen LogP contribution in [0.1, 0.15) is 6.92 Å². The van der Waals surface area contributed by atoms with E-state index >= 15 is 0 Å². The molecule has 1 nitrogen and oxygen atoms in total. The van der Waals surface area contributed by atoms with Crippen LogP contribution in [-0.2, 0) is 11.8 Å². The van der Waals surface area contributed by atoms with Gasteiger partial charge in [0.1, 0.15) is 0 Å². The van der Waals surface area contributed by atoms with Gasteiger partial charge >= 0.3 is 0 Å². The van der Waals surface area contributed by atoms with E-state index in [1.54, 1.807) is 0 Å². The van der Waals surface area contributed by atoms with E-state index in [0.29, 0.717) is 0 Å². The molecular formula is C18H20NPS. The average molecular weight is 313 g/mol. The Balaban J connectivity index is 2.61. The smallest absolute Gasteiger partial charge is 0.0533 e. The molecule has 0 spiro atoms. The first-order chi connectivity index (χ1) is 10.1. The van der Waals surface area contributed by atoms with Crippen molar-refractivity contribution in [1.82, 2.24) is 4.90 Å². The van der Waals surface area contributed by atoms with Crippen LogP contribution in [0, 0.1) is 0 Å². The molecular weight excluding hydrogens is 293 g/mol. The Morgan fingerprint density at radius 2 is 1.43 bits per heavy atom. The standard InChI is InChI=1S/C18H20NPS/c1-4-15-19(3)16(2)20(21,17-11-7-5-8-12-17)18-13-9-6-10-14-18/h4-15H,2H2,1,3H3/b15-4-. The molecule has 0 aliphatic carbocycles. The van der Waals surface area contributed by atoms with Crippen molar-refractivity contribution in [2.24, 2.45) is 0 Å². The molecule has 2 aromatic rings. The summed E-state index contributed by atoms with van der Waals surface area (Å²) in [5.41, 5.74) is 0.980. The van der Waals surface area contributed by atoms with Gasteiger partial charge in [0.05, 0.1) is 11.5 Å². The lowest BCUT2D eigenvalue weighted by Gasteiger charge is -2.30. The number of allylic oxidation sites excluding steroid dienone is 1. The van der Waals surface area contributed by atoms with Crippen molar-refractivity contribution >= 4 is 28.5 Å². The number of benzene rings is 2. The zero-order valence-corrected chi connectivity index (χ0v) is 14.1. The molecule has 0 fully saturated rings. The molecule has 0 N–H and O–H groups in total. The summed E-state index contributed by atoms with van der Waals surface area (Å²) in [5.74, 6) is 0. The lowest BCUT2D eigenvalue weighted by Crippen LogP contribution is -2.22. The zero-order valence-electron chi connectivity index (χ0n) is 12.4. The highest BCUT2D eigenvalue weighted by Crippen LogP contribution is 2.52. The molecule has 0 aliphatic heterocycles. The van der Waals surface area contributed by atoms with Crippen LogP contribution in [-0.4, -0.2) is 11.9 Å². The number of hydrogen-bond donors (Lipinski definition) is 0. The van der Waals surface area contributed by atoms with E-state index in [-0.39, 0.29) is 0 Å². The summed E-state index contributed by atoms with van der Waals surface area (Å²) in [5, 5.41) is 2.35. The number of rotatable bonds is 5. The van der Waals surface area contributed by atoms with Gasteiger partial charge in [-0.25, -0.2) is 0 Å². The van der Waals surface area contributed by atoms with Crippen LogP contribution in [0.25, 0.3) is 0 Å². The maximum atomic E-state index is 6.18. The summed E-state index contributed by atoms with van der Waals surface area (Å²) in [7, 11) is 2.01. The van der Waals surface area contributed by atoms with Gasteiger partial charge in [-0.1, -0.05) is 85.1 Å². The van der Waals surface area contributed by atoms with Gasteiger partial charge in [0.2, 0.25) is 0 Å². The normalized spacial score (nSPS) is 11.5. The largest absolute Gasteiger partial charge is 0.350 e. The molecule has 0 saturated heterocycles. The molecule has 21 heavy (non-hydrogen) atoms. The maximum absolute atomic E-state index is 6.18. The van der Waals surface area contributed by atoms with E-state index < -0.39 is 6.04 Å². The van der Waals surface area contributed by atoms with Crippen molar-refractivity contribution in [3.63, 3.8) is 0 Å². The summed E-state index contributed by atoms with van der Waals surface area (Å²) < 4.78 is 0. The molecule has 0 unspecified atom stereocenters. The van der Waals surface area contributed by atoms with Gasteiger partial charge in [0, 0.05) is 7.05 Å². The first-order valence-corrected chi connectivity index (χ1v) is 9.67. The van der Waals surface area contributed by atoms with Crippen molar-refractivity contribution < 1.29 is 0 Å². The Labute approximate surface area is 132 Å². The average Bonchev–Trinajstić information content (AvgIpc) is 2.55. The van der Waals surface area contributed by atoms with Crippen molar-refractivity contribution in [3.8, 4) is 0 Å². The fourth-order valence-electron chi connectivity index (χ4n) is 2.25. The SMILES string of the molecule is C=C(N(C)/C=C\C)P(=S)(c1ccccc1)c1ccccc1. The minimum Gasteiger partial charge on any atom is -0.350 e. The van der Waals surface area contributed by atoms with Gasteiger partial charge in [-0.15, -0.1) is 0 Å². The van der Waals surface area contributed by atoms with E-state index in [9.17, 15) is 0 Å². The Morgan fingerprint density at radius 3 is 1.81 bits per heavy atom. The van der Waals surface area contributed by atoms with Crippen LogP contribution in [0.2, 0.25) is 0 Å². The van der Waals surface area contributed by atoms with E-state index in [2.05, 4.69) is 30.8 Å². The molecule has 0 heterocycles. The summed E-state index contributed by atoms with van der Waals surface area (Å²) in [6, 6.07) is 18.6. The predicted molar refractivity (Wildman–Crippen MR) is 98.2 cm³/mol. The second kappa shape index (κ2) is 6.89. The Bertz CT molecular complexity index is 633. The third-order valence-electron chi connectivity index (χ3n) is 3.38. The summed E-state index contributed by atoms with van der Waals surface area (Å²) in [6.07, 6.45) is 4.01. The molecule has 0 bridgehead atoms. The van der Waals surface area contributed by atoms with E-state index in [4.69, 9.17) is 11.8 Å². The van der Waals surface area contributed by atoms with Crippen LogP contribution in [0.4, 0.5) is 0 Å².